The van der Waals surface area contributed by atoms with Crippen molar-refractivity contribution in [3.8, 4) is 5.69 Å². The van der Waals surface area contributed by atoms with Gasteiger partial charge in [-0.25, -0.2) is 4.68 Å². The lowest BCUT2D eigenvalue weighted by Gasteiger charge is -2.33. The molecule has 1 aliphatic heterocycles. The third-order valence-electron chi connectivity index (χ3n) is 5.22. The second-order valence-electron chi connectivity index (χ2n) is 7.21. The Morgan fingerprint density at radius 1 is 1.25 bits per heavy atom. The molecule has 0 saturated carbocycles. The van der Waals surface area contributed by atoms with Gasteiger partial charge in [0.1, 0.15) is 0 Å². The van der Waals surface area contributed by atoms with Crippen molar-refractivity contribution in [2.45, 2.75) is 45.2 Å². The summed E-state index contributed by atoms with van der Waals surface area (Å²) in [7, 11) is 1.82. The maximum atomic E-state index is 4.34. The highest BCUT2D eigenvalue weighted by Crippen LogP contribution is 2.16. The topological polar surface area (TPSA) is 57.5 Å². The molecular weight excluding hydrogens is 463 g/mol. The van der Waals surface area contributed by atoms with Crippen LogP contribution in [-0.4, -0.2) is 53.4 Å². The summed E-state index contributed by atoms with van der Waals surface area (Å²) in [5, 5.41) is 11.1. The van der Waals surface area contributed by atoms with Crippen LogP contribution in [0.25, 0.3) is 5.69 Å². The van der Waals surface area contributed by atoms with E-state index < -0.39 is 0 Å². The van der Waals surface area contributed by atoms with E-state index in [0.29, 0.717) is 0 Å². The fourth-order valence-corrected chi connectivity index (χ4v) is 3.62. The molecule has 28 heavy (non-hydrogen) atoms. The standard InChI is InChI=1S/C21H32N6.HI/c1-18-8-3-4-13-26(18)14-6-11-23-21(22-2)24-17-19-9-5-10-20(16-19)27-15-7-12-25-27;/h5,7,9-10,12,15-16,18H,3-4,6,8,11,13-14,17H2,1-2H3,(H2,22,23,24);1H. The smallest absolute Gasteiger partial charge is 0.191 e. The van der Waals surface area contributed by atoms with Gasteiger partial charge in [0.2, 0.25) is 0 Å². The number of rotatable bonds is 7. The fraction of sp³-hybridized carbons (Fsp3) is 0.524. The van der Waals surface area contributed by atoms with Crippen LogP contribution in [0.1, 0.15) is 38.2 Å². The molecule has 0 amide bonds. The first-order chi connectivity index (χ1) is 13.3. The highest BCUT2D eigenvalue weighted by Gasteiger charge is 2.17. The van der Waals surface area contributed by atoms with Crippen LogP contribution in [0.5, 0.6) is 0 Å². The largest absolute Gasteiger partial charge is 0.356 e. The van der Waals surface area contributed by atoms with Gasteiger partial charge >= 0.3 is 0 Å². The van der Waals surface area contributed by atoms with Crippen molar-refractivity contribution in [1.82, 2.24) is 25.3 Å². The lowest BCUT2D eigenvalue weighted by Crippen LogP contribution is -2.41. The summed E-state index contributed by atoms with van der Waals surface area (Å²) in [5.41, 5.74) is 2.27. The van der Waals surface area contributed by atoms with Gasteiger partial charge in [0.25, 0.3) is 0 Å². The summed E-state index contributed by atoms with van der Waals surface area (Å²) in [6, 6.07) is 11.0. The fourth-order valence-electron chi connectivity index (χ4n) is 3.62. The van der Waals surface area contributed by atoms with E-state index in [9.17, 15) is 0 Å². The number of nitrogens with one attached hydrogen (secondary N) is 2. The molecule has 1 fully saturated rings. The van der Waals surface area contributed by atoms with Gasteiger partial charge in [-0.3, -0.25) is 4.99 Å². The number of nitrogens with zero attached hydrogens (tertiary/aromatic N) is 4. The van der Waals surface area contributed by atoms with Crippen molar-refractivity contribution in [3.05, 3.63) is 48.3 Å². The molecule has 0 radical (unpaired) electrons. The Morgan fingerprint density at radius 3 is 2.89 bits per heavy atom. The minimum absolute atomic E-state index is 0. The molecule has 0 aliphatic carbocycles. The van der Waals surface area contributed by atoms with Gasteiger partial charge in [0.05, 0.1) is 5.69 Å². The van der Waals surface area contributed by atoms with Crippen LogP contribution in [0.3, 0.4) is 0 Å². The predicted octanol–water partition coefficient (Wildman–Crippen LogP) is 3.42. The van der Waals surface area contributed by atoms with Crippen LogP contribution < -0.4 is 10.6 Å². The third-order valence-corrected chi connectivity index (χ3v) is 5.22. The molecule has 0 bridgehead atoms. The number of aromatic nitrogens is 2. The van der Waals surface area contributed by atoms with Crippen LogP contribution in [0.2, 0.25) is 0 Å². The molecule has 1 unspecified atom stereocenters. The Hall–Kier alpha value is -1.61. The molecular formula is C21H33IN6. The van der Waals surface area contributed by atoms with Gasteiger partial charge < -0.3 is 15.5 Å². The molecule has 0 spiro atoms. The molecule has 2 heterocycles. The van der Waals surface area contributed by atoms with Crippen molar-refractivity contribution >= 4 is 29.9 Å². The summed E-state index contributed by atoms with van der Waals surface area (Å²) in [5.74, 6) is 0.853. The average molecular weight is 496 g/mol. The quantitative estimate of drug-likeness (QED) is 0.267. The predicted molar refractivity (Wildman–Crippen MR) is 127 cm³/mol. The maximum absolute atomic E-state index is 4.34. The summed E-state index contributed by atoms with van der Waals surface area (Å²) < 4.78 is 1.87. The molecule has 1 aliphatic rings. The molecule has 7 heteroatoms. The van der Waals surface area contributed by atoms with Crippen molar-refractivity contribution in [3.63, 3.8) is 0 Å². The van der Waals surface area contributed by atoms with E-state index in [1.807, 2.05) is 24.0 Å². The summed E-state index contributed by atoms with van der Waals surface area (Å²) in [4.78, 5) is 6.95. The molecule has 1 aromatic carbocycles. The lowest BCUT2D eigenvalue weighted by atomic mass is 10.0. The zero-order chi connectivity index (χ0) is 18.9. The second kappa shape index (κ2) is 12.1. The molecule has 154 valence electrons. The Balaban J connectivity index is 0.00000280. The summed E-state index contributed by atoms with van der Waals surface area (Å²) >= 11 is 0. The van der Waals surface area contributed by atoms with Crippen LogP contribution in [0.15, 0.2) is 47.7 Å². The van der Waals surface area contributed by atoms with Gasteiger partial charge in [0.15, 0.2) is 5.96 Å². The van der Waals surface area contributed by atoms with Crippen LogP contribution in [0.4, 0.5) is 0 Å². The Labute approximate surface area is 185 Å². The van der Waals surface area contributed by atoms with Crippen LogP contribution in [0, 0.1) is 0 Å². The maximum Gasteiger partial charge on any atom is 0.191 e. The lowest BCUT2D eigenvalue weighted by molar-refractivity contribution is 0.159. The zero-order valence-corrected chi connectivity index (χ0v) is 19.3. The number of hydrogen-bond donors (Lipinski definition) is 2. The number of halogens is 1. The van der Waals surface area contributed by atoms with Crippen molar-refractivity contribution in [1.29, 1.82) is 0 Å². The summed E-state index contributed by atoms with van der Waals surface area (Å²) in [6.45, 7) is 6.44. The van der Waals surface area contributed by atoms with Gasteiger partial charge in [-0.2, -0.15) is 5.10 Å². The Kier molecular flexibility index (Phi) is 9.77. The third kappa shape index (κ3) is 6.77. The molecule has 1 atom stereocenters. The summed E-state index contributed by atoms with van der Waals surface area (Å²) in [6.07, 6.45) is 8.96. The Bertz CT molecular complexity index is 715. The Morgan fingerprint density at radius 2 is 2.14 bits per heavy atom. The second-order valence-corrected chi connectivity index (χ2v) is 7.21. The van der Waals surface area contributed by atoms with E-state index in [-0.39, 0.29) is 24.0 Å². The van der Waals surface area contributed by atoms with Crippen molar-refractivity contribution in [2.75, 3.05) is 26.7 Å². The van der Waals surface area contributed by atoms with Gasteiger partial charge in [0, 0.05) is 45.1 Å². The van der Waals surface area contributed by atoms with Crippen molar-refractivity contribution in [2.24, 2.45) is 4.99 Å². The van der Waals surface area contributed by atoms with E-state index in [4.69, 9.17) is 0 Å². The monoisotopic (exact) mass is 496 g/mol. The zero-order valence-electron chi connectivity index (χ0n) is 17.0. The van der Waals surface area contributed by atoms with E-state index in [1.54, 1.807) is 6.20 Å². The minimum atomic E-state index is 0. The van der Waals surface area contributed by atoms with E-state index in [1.165, 1.54) is 31.4 Å². The normalized spacial score (nSPS) is 17.8. The molecule has 3 rings (SSSR count). The number of hydrogen-bond acceptors (Lipinski definition) is 3. The first-order valence-corrected chi connectivity index (χ1v) is 10.0. The van der Waals surface area contributed by atoms with Crippen LogP contribution >= 0.6 is 24.0 Å². The highest BCUT2D eigenvalue weighted by atomic mass is 127. The highest BCUT2D eigenvalue weighted by molar-refractivity contribution is 14.0. The molecule has 6 nitrogen and oxygen atoms in total. The average Bonchev–Trinajstić information content (AvgIpc) is 3.24. The van der Waals surface area contributed by atoms with Crippen LogP contribution in [-0.2, 0) is 6.54 Å². The number of guanidine groups is 1. The molecule has 2 N–H and O–H groups in total. The first-order valence-electron chi connectivity index (χ1n) is 10.0. The van der Waals surface area contributed by atoms with Gasteiger partial charge in [-0.15, -0.1) is 24.0 Å². The SMILES string of the molecule is CN=C(NCCCN1CCCCC1C)NCc1cccc(-n2cccn2)c1.I. The van der Waals surface area contributed by atoms with E-state index >= 15 is 0 Å². The number of piperidine rings is 1. The van der Waals surface area contributed by atoms with Gasteiger partial charge in [-0.1, -0.05) is 18.6 Å². The number of likely N-dealkylation sites (tertiary alicyclic amines) is 1. The van der Waals surface area contributed by atoms with E-state index in [0.717, 1.165) is 43.7 Å². The molecule has 1 saturated heterocycles. The number of benzene rings is 1. The van der Waals surface area contributed by atoms with Crippen molar-refractivity contribution < 1.29 is 0 Å². The minimum Gasteiger partial charge on any atom is -0.356 e. The number of aliphatic imine (C=N–C) groups is 1. The first kappa shape index (κ1) is 22.7. The van der Waals surface area contributed by atoms with E-state index in [2.05, 4.69) is 56.8 Å². The molecule has 2 aromatic rings. The molecule has 1 aromatic heterocycles. The van der Waals surface area contributed by atoms with Gasteiger partial charge in [-0.05, 0) is 56.5 Å².